The summed E-state index contributed by atoms with van der Waals surface area (Å²) < 4.78 is 9.41. The predicted octanol–water partition coefficient (Wildman–Crippen LogP) is 22.0. The second kappa shape index (κ2) is 18.8. The van der Waals surface area contributed by atoms with E-state index in [9.17, 15) is 0 Å². The minimum Gasteiger partial charge on any atom is -0.456 e. The molecule has 0 atom stereocenters. The number of hydrogen-bond donors (Lipinski definition) is 0. The summed E-state index contributed by atoms with van der Waals surface area (Å²) in [7, 11) is 0. The van der Waals surface area contributed by atoms with Crippen LogP contribution in [0.5, 0.6) is 0 Å². The van der Waals surface area contributed by atoms with Crippen molar-refractivity contribution >= 4 is 117 Å². The van der Waals surface area contributed by atoms with Gasteiger partial charge in [0.05, 0.1) is 11.4 Å². The van der Waals surface area contributed by atoms with Crippen molar-refractivity contribution in [1.82, 2.24) is 0 Å². The molecule has 0 spiro atoms. The van der Waals surface area contributed by atoms with E-state index in [0.29, 0.717) is 0 Å². The van der Waals surface area contributed by atoms with E-state index in [0.717, 1.165) is 64.7 Å². The molecule has 448 valence electrons. The van der Waals surface area contributed by atoms with Gasteiger partial charge in [0.15, 0.2) is 0 Å². The topological polar surface area (TPSA) is 22.9 Å². The van der Waals surface area contributed by atoms with Crippen LogP contribution < -0.4 is 30.4 Å². The lowest BCUT2D eigenvalue weighted by atomic mass is 9.35. The van der Waals surface area contributed by atoms with Crippen LogP contribution in [-0.2, 0) is 43.3 Å². The van der Waals surface area contributed by atoms with Gasteiger partial charge in [-0.05, 0) is 228 Å². The van der Waals surface area contributed by atoms with Crippen LogP contribution in [-0.4, -0.2) is 6.71 Å². The Morgan fingerprint density at radius 1 is 0.409 bits per heavy atom. The molecular weight excluding hydrogens is 1090 g/mol. The van der Waals surface area contributed by atoms with Crippen LogP contribution in [0.2, 0.25) is 0 Å². The Balaban J connectivity index is 1.11. The number of fused-ring (bicyclic) bond motifs is 12. The molecule has 0 saturated heterocycles. The molecule has 5 aliphatic rings. The molecule has 8 aromatic carbocycles. The van der Waals surface area contributed by atoms with Gasteiger partial charge < -0.3 is 19.1 Å². The SMILES string of the molecule is CC(C)(C)c1ccc(N(c2cc3c4c(c2)N(c2ccc(C(C)(C)C)cc2)c2c(sc5cc6c(cc25)C(C)(C)CCC6(C)C)B4c2cc4c(cc2N3c2ccc3c(c2)C(C)(C)CCC3(C)C)C(C)(C)CCC4(C)C)c2ccc3oc4ccccc4c3c2)cc1. The number of benzene rings is 8. The predicted molar refractivity (Wildman–Crippen MR) is 381 cm³/mol. The van der Waals surface area contributed by atoms with Gasteiger partial charge in [-0.3, -0.25) is 0 Å². The molecule has 0 unspecified atom stereocenters. The van der Waals surface area contributed by atoms with Crippen LogP contribution in [0.15, 0.2) is 150 Å². The lowest BCUT2D eigenvalue weighted by Crippen LogP contribution is -2.61. The van der Waals surface area contributed by atoms with Crippen molar-refractivity contribution in [1.29, 1.82) is 0 Å². The van der Waals surface area contributed by atoms with Crippen LogP contribution in [0.4, 0.5) is 51.2 Å². The lowest BCUT2D eigenvalue weighted by Gasteiger charge is -2.48. The zero-order valence-electron chi connectivity index (χ0n) is 55.8. The molecule has 0 bridgehead atoms. The fraction of sp³-hybridized carbons (Fsp3) is 0.390. The molecule has 0 radical (unpaired) electrons. The molecule has 6 heteroatoms. The highest BCUT2D eigenvalue weighted by Gasteiger charge is 2.50. The van der Waals surface area contributed by atoms with Gasteiger partial charge in [0, 0.05) is 65.4 Å². The van der Waals surface area contributed by atoms with Gasteiger partial charge in [-0.25, -0.2) is 0 Å². The van der Waals surface area contributed by atoms with Gasteiger partial charge in [-0.15, -0.1) is 11.3 Å². The van der Waals surface area contributed by atoms with Gasteiger partial charge in [0.1, 0.15) is 11.2 Å². The molecule has 2 aromatic heterocycles. The third-order valence-electron chi connectivity index (χ3n) is 22.5. The normalized spacial score (nSPS) is 19.0. The molecule has 4 heterocycles. The first-order valence-electron chi connectivity index (χ1n) is 33.0. The smallest absolute Gasteiger partial charge is 0.264 e. The molecule has 10 aromatic rings. The second-order valence-electron chi connectivity index (χ2n) is 33.4. The number of anilines is 9. The summed E-state index contributed by atoms with van der Waals surface area (Å²) in [6.45, 7) is 43.9. The van der Waals surface area contributed by atoms with Gasteiger partial charge >= 0.3 is 0 Å². The van der Waals surface area contributed by atoms with Crippen LogP contribution in [0.1, 0.15) is 208 Å². The van der Waals surface area contributed by atoms with Crippen molar-refractivity contribution in [2.24, 2.45) is 0 Å². The molecular formula is C82H90BN3OS. The highest BCUT2D eigenvalue weighted by Crippen LogP contribution is 2.57. The highest BCUT2D eigenvalue weighted by molar-refractivity contribution is 7.33. The van der Waals surface area contributed by atoms with E-state index in [2.05, 4.69) is 296 Å². The number of para-hydroxylation sites is 1. The van der Waals surface area contributed by atoms with Crippen molar-refractivity contribution in [2.45, 2.75) is 206 Å². The molecule has 0 amide bonds. The first-order chi connectivity index (χ1) is 41.3. The summed E-state index contributed by atoms with van der Waals surface area (Å²) in [5, 5.41) is 3.59. The summed E-state index contributed by atoms with van der Waals surface area (Å²) in [5.41, 5.74) is 27.1. The number of furan rings is 1. The molecule has 0 saturated carbocycles. The maximum atomic E-state index is 6.59. The number of rotatable bonds is 5. The van der Waals surface area contributed by atoms with Crippen molar-refractivity contribution < 1.29 is 4.42 Å². The third kappa shape index (κ3) is 8.70. The summed E-state index contributed by atoms with van der Waals surface area (Å²) in [6.07, 6.45) is 6.94. The summed E-state index contributed by atoms with van der Waals surface area (Å²) >= 11 is 2.06. The highest BCUT2D eigenvalue weighted by atomic mass is 32.1. The van der Waals surface area contributed by atoms with Gasteiger partial charge in [-0.2, -0.15) is 0 Å². The summed E-state index contributed by atoms with van der Waals surface area (Å²) in [4.78, 5) is 8.03. The van der Waals surface area contributed by atoms with E-state index in [1.165, 1.54) is 117 Å². The zero-order valence-corrected chi connectivity index (χ0v) is 56.7. The Labute approximate surface area is 529 Å². The Morgan fingerprint density at radius 2 is 0.898 bits per heavy atom. The van der Waals surface area contributed by atoms with Crippen LogP contribution >= 0.6 is 11.3 Å². The van der Waals surface area contributed by atoms with Crippen molar-refractivity contribution in [3.8, 4) is 0 Å². The number of nitrogens with zero attached hydrogens (tertiary/aromatic N) is 3. The van der Waals surface area contributed by atoms with Crippen LogP contribution in [0.3, 0.4) is 0 Å². The van der Waals surface area contributed by atoms with Gasteiger partial charge in [0.25, 0.3) is 6.71 Å². The van der Waals surface area contributed by atoms with E-state index in [-0.39, 0.29) is 50.0 Å². The molecule has 3 aliphatic carbocycles. The van der Waals surface area contributed by atoms with Gasteiger partial charge in [0.2, 0.25) is 0 Å². The van der Waals surface area contributed by atoms with Gasteiger partial charge in [-0.1, -0.05) is 179 Å². The maximum Gasteiger partial charge on any atom is 0.264 e. The Bertz CT molecular complexity index is 4550. The molecule has 0 fully saturated rings. The first-order valence-corrected chi connectivity index (χ1v) is 33.8. The molecule has 88 heavy (non-hydrogen) atoms. The second-order valence-corrected chi connectivity index (χ2v) is 34.5. The van der Waals surface area contributed by atoms with E-state index in [4.69, 9.17) is 4.42 Å². The largest absolute Gasteiger partial charge is 0.456 e. The molecule has 0 N–H and O–H groups in total. The number of hydrogen-bond acceptors (Lipinski definition) is 5. The Kier molecular flexibility index (Phi) is 12.3. The average molecular weight is 1180 g/mol. The van der Waals surface area contributed by atoms with E-state index < -0.39 is 0 Å². The van der Waals surface area contributed by atoms with Crippen molar-refractivity contribution in [3.05, 3.63) is 190 Å². The first kappa shape index (κ1) is 57.4. The monoisotopic (exact) mass is 1180 g/mol. The summed E-state index contributed by atoms with van der Waals surface area (Å²) in [5.74, 6) is 0. The molecule has 15 rings (SSSR count). The molecule has 2 aliphatic heterocycles. The van der Waals surface area contributed by atoms with E-state index >= 15 is 0 Å². The Morgan fingerprint density at radius 3 is 1.50 bits per heavy atom. The third-order valence-corrected chi connectivity index (χ3v) is 23.8. The van der Waals surface area contributed by atoms with Crippen molar-refractivity contribution in [3.63, 3.8) is 0 Å². The van der Waals surface area contributed by atoms with E-state index in [1.807, 2.05) is 0 Å². The van der Waals surface area contributed by atoms with Crippen LogP contribution in [0.25, 0.3) is 32.0 Å². The van der Waals surface area contributed by atoms with Crippen LogP contribution in [0, 0.1) is 0 Å². The minimum absolute atomic E-state index is 0.00136. The van der Waals surface area contributed by atoms with E-state index in [1.54, 1.807) is 0 Å². The fourth-order valence-electron chi connectivity index (χ4n) is 16.5. The quantitative estimate of drug-likeness (QED) is 0.160. The molecule has 4 nitrogen and oxygen atoms in total. The maximum absolute atomic E-state index is 6.59. The average Bonchev–Trinajstić information content (AvgIpc) is 1.21. The number of thiophene rings is 1. The summed E-state index contributed by atoms with van der Waals surface area (Å²) in [6, 6.07) is 58.1. The fourth-order valence-corrected chi connectivity index (χ4v) is 17.8. The lowest BCUT2D eigenvalue weighted by molar-refractivity contribution is 0.332. The minimum atomic E-state index is -0.0480. The van der Waals surface area contributed by atoms with Crippen molar-refractivity contribution in [2.75, 3.05) is 14.7 Å². The zero-order chi connectivity index (χ0) is 61.9. The standard InChI is InChI=1S/C82H90BN3OS/c1-75(2,3)49-23-27-51(28-24-49)84(53-32-34-70-57(41-53)56-21-19-20-22-69(56)87-70)55-43-67-72-68(44-55)86(52-29-25-50(26-30-52)76(4,5)6)73-58-45-61-64(82(17,18)40-37-79(61,11)12)48-71(58)88-74(73)83(72)65-46-62-63(81(15,16)39-38-80(62,13)14)47-66(65)85(67)54-31-33-59-60(42-54)78(9,10)36-35-77(59,7)8/h19-34,41-48H,35-40H2,1-18H3. The Hall–Kier alpha value is -7.02.